The number of aliphatic hydroxyl groups is 1. The highest BCUT2D eigenvalue weighted by Crippen LogP contribution is 2.31. The summed E-state index contributed by atoms with van der Waals surface area (Å²) in [6.07, 6.45) is 1.67. The number of aromatic nitrogens is 2. The average Bonchev–Trinajstić information content (AvgIpc) is 2.65. The molecule has 0 bridgehead atoms. The molecule has 2 aromatic rings. The number of fused-ring (bicyclic) bond motifs is 1. The Morgan fingerprint density at radius 1 is 1.44 bits per heavy atom. The van der Waals surface area contributed by atoms with E-state index in [0.717, 1.165) is 35.4 Å². The number of benzene rings is 1. The second kappa shape index (κ2) is 4.61. The van der Waals surface area contributed by atoms with E-state index in [1.54, 1.807) is 0 Å². The van der Waals surface area contributed by atoms with E-state index in [0.29, 0.717) is 0 Å². The van der Waals surface area contributed by atoms with Gasteiger partial charge in [0.25, 0.3) is 0 Å². The number of nitrogen functional groups attached to an aromatic ring is 1. The zero-order chi connectivity index (χ0) is 13.3. The molecule has 0 radical (unpaired) electrons. The van der Waals surface area contributed by atoms with Crippen LogP contribution in [0.3, 0.4) is 0 Å². The predicted molar refractivity (Wildman–Crippen MR) is 74.5 cm³/mol. The lowest BCUT2D eigenvalue weighted by Crippen LogP contribution is -2.31. The van der Waals surface area contributed by atoms with E-state index in [4.69, 9.17) is 5.73 Å². The van der Waals surface area contributed by atoms with Gasteiger partial charge in [-0.15, -0.1) is 0 Å². The monoisotopic (exact) mass is 247 g/mol. The molecule has 1 heterocycles. The first-order valence-electron chi connectivity index (χ1n) is 6.38. The summed E-state index contributed by atoms with van der Waals surface area (Å²) >= 11 is 0. The fourth-order valence-corrected chi connectivity index (χ4v) is 2.59. The van der Waals surface area contributed by atoms with Crippen molar-refractivity contribution in [1.82, 2.24) is 9.55 Å². The summed E-state index contributed by atoms with van der Waals surface area (Å²) in [4.78, 5) is 4.57. The quantitative estimate of drug-likeness (QED) is 0.816. The van der Waals surface area contributed by atoms with Crippen LogP contribution in [-0.4, -0.2) is 21.3 Å². The second-order valence-electron chi connectivity index (χ2n) is 5.07. The van der Waals surface area contributed by atoms with Gasteiger partial charge >= 0.3 is 0 Å². The van der Waals surface area contributed by atoms with Gasteiger partial charge in [-0.05, 0) is 44.9 Å². The van der Waals surface area contributed by atoms with Crippen molar-refractivity contribution in [1.29, 1.82) is 0 Å². The third-order valence-corrected chi connectivity index (χ3v) is 3.80. The van der Waals surface area contributed by atoms with E-state index < -0.39 is 0 Å². The molecule has 0 aliphatic rings. The largest absolute Gasteiger partial charge is 0.399 e. The molecule has 18 heavy (non-hydrogen) atoms. The molecule has 1 unspecified atom stereocenters. The fraction of sp³-hybridized carbons (Fsp3) is 0.500. The van der Waals surface area contributed by atoms with Gasteiger partial charge in [-0.1, -0.05) is 6.92 Å². The number of anilines is 1. The summed E-state index contributed by atoms with van der Waals surface area (Å²) in [7, 11) is 0. The van der Waals surface area contributed by atoms with Crippen molar-refractivity contribution >= 4 is 16.7 Å². The van der Waals surface area contributed by atoms with E-state index in [1.807, 2.05) is 25.1 Å². The fourth-order valence-electron chi connectivity index (χ4n) is 2.59. The van der Waals surface area contributed by atoms with Crippen molar-refractivity contribution < 1.29 is 5.11 Å². The van der Waals surface area contributed by atoms with Crippen LogP contribution in [0.4, 0.5) is 5.69 Å². The van der Waals surface area contributed by atoms with Crippen LogP contribution in [0.1, 0.15) is 32.5 Å². The van der Waals surface area contributed by atoms with Gasteiger partial charge in [0.05, 0.1) is 11.0 Å². The van der Waals surface area contributed by atoms with Crippen LogP contribution in [0, 0.1) is 6.92 Å². The third kappa shape index (κ3) is 1.97. The van der Waals surface area contributed by atoms with Crippen LogP contribution < -0.4 is 5.73 Å². The van der Waals surface area contributed by atoms with Crippen molar-refractivity contribution in [3.05, 3.63) is 24.0 Å². The molecular weight excluding hydrogens is 226 g/mol. The first kappa shape index (κ1) is 12.9. The summed E-state index contributed by atoms with van der Waals surface area (Å²) in [6, 6.07) is 5.80. The number of nitrogens with zero attached hydrogens (tertiary/aromatic N) is 2. The molecule has 0 aliphatic heterocycles. The van der Waals surface area contributed by atoms with Gasteiger partial charge in [-0.3, -0.25) is 0 Å². The van der Waals surface area contributed by atoms with Crippen LogP contribution in [0.5, 0.6) is 0 Å². The molecule has 0 aliphatic carbocycles. The summed E-state index contributed by atoms with van der Waals surface area (Å²) in [5.74, 6) is 0.966. The van der Waals surface area contributed by atoms with Crippen LogP contribution in [0.15, 0.2) is 18.2 Å². The maximum atomic E-state index is 9.29. The summed E-state index contributed by atoms with van der Waals surface area (Å²) < 4.78 is 2.22. The van der Waals surface area contributed by atoms with Crippen molar-refractivity contribution in [2.45, 2.75) is 39.2 Å². The second-order valence-corrected chi connectivity index (χ2v) is 5.07. The van der Waals surface area contributed by atoms with E-state index in [-0.39, 0.29) is 12.1 Å². The number of nitrogens with two attached hydrogens (primary N) is 1. The molecule has 1 aromatic heterocycles. The molecular formula is C14H21N3O. The summed E-state index contributed by atoms with van der Waals surface area (Å²) in [5, 5.41) is 9.29. The van der Waals surface area contributed by atoms with Gasteiger partial charge < -0.3 is 15.4 Å². The minimum absolute atomic E-state index is 0.107. The highest BCUT2D eigenvalue weighted by Gasteiger charge is 2.27. The minimum Gasteiger partial charge on any atom is -0.399 e. The van der Waals surface area contributed by atoms with Crippen LogP contribution in [0.2, 0.25) is 0 Å². The normalized spacial score (nSPS) is 14.9. The van der Waals surface area contributed by atoms with Crippen LogP contribution >= 0.6 is 0 Å². The Balaban J connectivity index is 2.66. The zero-order valence-corrected chi connectivity index (χ0v) is 11.3. The Hall–Kier alpha value is -1.55. The third-order valence-electron chi connectivity index (χ3n) is 3.80. The number of hydrogen-bond donors (Lipinski definition) is 2. The van der Waals surface area contributed by atoms with Crippen molar-refractivity contribution in [3.8, 4) is 0 Å². The highest BCUT2D eigenvalue weighted by molar-refractivity contribution is 5.80. The van der Waals surface area contributed by atoms with E-state index >= 15 is 0 Å². The lowest BCUT2D eigenvalue weighted by Gasteiger charge is -2.31. The Morgan fingerprint density at radius 2 is 2.17 bits per heavy atom. The molecule has 0 saturated heterocycles. The van der Waals surface area contributed by atoms with Gasteiger partial charge in [0.2, 0.25) is 0 Å². The lowest BCUT2D eigenvalue weighted by molar-refractivity contribution is 0.195. The van der Waals surface area contributed by atoms with Gasteiger partial charge in [0, 0.05) is 17.8 Å². The number of aryl methyl sites for hydroxylation is 1. The standard InChI is InChI=1S/C14H21N3O/c1-4-14(3,7-8-18)17-10(2)16-12-9-11(15)5-6-13(12)17/h5-6,9,18H,4,7-8,15H2,1-3H3. The number of rotatable bonds is 4. The maximum Gasteiger partial charge on any atom is 0.107 e. The van der Waals surface area contributed by atoms with Crippen LogP contribution in [0.25, 0.3) is 11.0 Å². The summed E-state index contributed by atoms with van der Waals surface area (Å²) in [5.41, 5.74) is 8.42. The SMILES string of the molecule is CCC(C)(CCO)n1c(C)nc2cc(N)ccc21. The molecule has 3 N–H and O–H groups in total. The minimum atomic E-state index is -0.107. The zero-order valence-electron chi connectivity index (χ0n) is 11.3. The summed E-state index contributed by atoms with van der Waals surface area (Å²) in [6.45, 7) is 6.48. The molecule has 98 valence electrons. The van der Waals surface area contributed by atoms with Crippen molar-refractivity contribution in [2.24, 2.45) is 0 Å². The molecule has 4 heteroatoms. The first-order chi connectivity index (χ1) is 8.51. The first-order valence-corrected chi connectivity index (χ1v) is 6.38. The molecule has 0 fully saturated rings. The smallest absolute Gasteiger partial charge is 0.107 e. The number of imidazole rings is 1. The van der Waals surface area contributed by atoms with Crippen molar-refractivity contribution in [2.75, 3.05) is 12.3 Å². The van der Waals surface area contributed by atoms with E-state index in [9.17, 15) is 5.11 Å². The molecule has 2 rings (SSSR count). The van der Waals surface area contributed by atoms with Gasteiger partial charge in [-0.2, -0.15) is 0 Å². The predicted octanol–water partition coefficient (Wildman–Crippen LogP) is 2.43. The van der Waals surface area contributed by atoms with Gasteiger partial charge in [-0.25, -0.2) is 4.98 Å². The van der Waals surface area contributed by atoms with E-state index in [1.165, 1.54) is 0 Å². The molecule has 0 saturated carbocycles. The Labute approximate surface area is 107 Å². The maximum absolute atomic E-state index is 9.29. The molecule has 4 nitrogen and oxygen atoms in total. The molecule has 1 atom stereocenters. The Morgan fingerprint density at radius 3 is 2.78 bits per heavy atom. The number of aliphatic hydroxyl groups excluding tert-OH is 1. The van der Waals surface area contributed by atoms with Crippen molar-refractivity contribution in [3.63, 3.8) is 0 Å². The topological polar surface area (TPSA) is 64.1 Å². The average molecular weight is 247 g/mol. The number of hydrogen-bond acceptors (Lipinski definition) is 3. The highest BCUT2D eigenvalue weighted by atomic mass is 16.3. The lowest BCUT2D eigenvalue weighted by atomic mass is 9.94. The van der Waals surface area contributed by atoms with Gasteiger partial charge in [0.15, 0.2) is 0 Å². The van der Waals surface area contributed by atoms with E-state index in [2.05, 4.69) is 23.4 Å². The Bertz CT molecular complexity index is 561. The molecule has 1 aromatic carbocycles. The van der Waals surface area contributed by atoms with Gasteiger partial charge in [0.1, 0.15) is 5.82 Å². The van der Waals surface area contributed by atoms with Crippen LogP contribution in [-0.2, 0) is 5.54 Å². The molecule has 0 spiro atoms. The molecule has 0 amide bonds. The Kier molecular flexibility index (Phi) is 3.30.